The highest BCUT2D eigenvalue weighted by Crippen LogP contribution is 2.53. The van der Waals surface area contributed by atoms with E-state index in [4.69, 9.17) is 9.97 Å². The molecule has 1 aromatic heterocycles. The largest absolute Gasteiger partial charge is 0.228 e. The number of rotatable bonds is 5. The highest BCUT2D eigenvalue weighted by Gasteiger charge is 2.40. The molecule has 0 aliphatic heterocycles. The molecule has 0 fully saturated rings. The van der Waals surface area contributed by atoms with Crippen LogP contribution in [0.3, 0.4) is 0 Å². The van der Waals surface area contributed by atoms with Crippen molar-refractivity contribution in [3.8, 4) is 56.2 Å². The van der Waals surface area contributed by atoms with Crippen LogP contribution < -0.4 is 0 Å². The fraction of sp³-hybridized carbons (Fsp3) is 0.0370. The molecule has 0 bridgehead atoms. The summed E-state index contributed by atoms with van der Waals surface area (Å²) >= 11 is 0. The molecule has 2 heteroatoms. The molecule has 1 heterocycles. The Morgan fingerprint density at radius 1 is 0.339 bits per heavy atom. The fourth-order valence-electron chi connectivity index (χ4n) is 9.23. The smallest absolute Gasteiger partial charge is 0.161 e. The van der Waals surface area contributed by atoms with E-state index in [1.807, 2.05) is 0 Å². The second-order valence-corrected chi connectivity index (χ2v) is 15.0. The molecule has 0 spiro atoms. The zero-order chi connectivity index (χ0) is 37.2. The van der Waals surface area contributed by atoms with Gasteiger partial charge in [0, 0.05) is 22.1 Å². The van der Waals surface area contributed by atoms with Crippen LogP contribution in [0.15, 0.2) is 200 Å². The van der Waals surface area contributed by atoms with E-state index in [1.165, 1.54) is 60.5 Å². The van der Waals surface area contributed by atoms with Crippen molar-refractivity contribution in [1.29, 1.82) is 0 Å². The molecular weight excluding hydrogens is 677 g/mol. The van der Waals surface area contributed by atoms with Crippen molar-refractivity contribution in [2.24, 2.45) is 0 Å². The molecule has 11 rings (SSSR count). The molecule has 1 aliphatic rings. The Morgan fingerprint density at radius 3 is 1.55 bits per heavy atom. The lowest BCUT2D eigenvalue weighted by atomic mass is 9.74. The van der Waals surface area contributed by atoms with Gasteiger partial charge in [-0.2, -0.15) is 0 Å². The molecule has 1 aliphatic carbocycles. The lowest BCUT2D eigenvalue weighted by Gasteiger charge is -2.28. The van der Waals surface area contributed by atoms with Crippen molar-refractivity contribution in [2.45, 2.75) is 12.3 Å². The topological polar surface area (TPSA) is 25.8 Å². The van der Waals surface area contributed by atoms with Gasteiger partial charge in [-0.15, -0.1) is 0 Å². The lowest BCUT2D eigenvalue weighted by Crippen LogP contribution is -2.22. The van der Waals surface area contributed by atoms with E-state index in [1.54, 1.807) is 0 Å². The van der Waals surface area contributed by atoms with Crippen molar-refractivity contribution in [3.63, 3.8) is 0 Å². The SMILES string of the molecule is CC1(c2ccccc2)c2ccccc2-c2ccc(-c3ccc(-c4cc(-c5cccc6ccccc56)nc(-c5cccc6ccccc56)n4)c4ccccc34)cc21. The summed E-state index contributed by atoms with van der Waals surface area (Å²) in [6, 6.07) is 72.3. The second-order valence-electron chi connectivity index (χ2n) is 15.0. The van der Waals surface area contributed by atoms with Gasteiger partial charge in [-0.25, -0.2) is 9.97 Å². The van der Waals surface area contributed by atoms with Gasteiger partial charge in [0.05, 0.1) is 11.4 Å². The minimum absolute atomic E-state index is 0.268. The van der Waals surface area contributed by atoms with Gasteiger partial charge in [0.25, 0.3) is 0 Å². The van der Waals surface area contributed by atoms with Crippen LogP contribution in [0, 0.1) is 0 Å². The molecule has 0 N–H and O–H groups in total. The Labute approximate surface area is 326 Å². The first-order chi connectivity index (χ1) is 27.6. The summed E-state index contributed by atoms with van der Waals surface area (Å²) in [5, 5.41) is 7.02. The summed E-state index contributed by atoms with van der Waals surface area (Å²) in [4.78, 5) is 10.7. The first kappa shape index (κ1) is 32.3. The van der Waals surface area contributed by atoms with Crippen LogP contribution in [-0.2, 0) is 5.41 Å². The molecule has 10 aromatic rings. The number of aromatic nitrogens is 2. The number of hydrogen-bond acceptors (Lipinski definition) is 2. The quantitative estimate of drug-likeness (QED) is 0.178. The van der Waals surface area contributed by atoms with Gasteiger partial charge in [-0.05, 0) is 90.3 Å². The molecule has 1 atom stereocenters. The summed E-state index contributed by atoms with van der Waals surface area (Å²) in [5.74, 6) is 0.716. The van der Waals surface area contributed by atoms with Gasteiger partial charge in [0.2, 0.25) is 0 Å². The summed E-state index contributed by atoms with van der Waals surface area (Å²) in [6.07, 6.45) is 0. The third kappa shape index (κ3) is 4.96. The van der Waals surface area contributed by atoms with Crippen LogP contribution in [0.5, 0.6) is 0 Å². The van der Waals surface area contributed by atoms with E-state index in [9.17, 15) is 0 Å². The maximum absolute atomic E-state index is 5.39. The summed E-state index contributed by atoms with van der Waals surface area (Å²) in [7, 11) is 0. The monoisotopic (exact) mass is 712 g/mol. The second kappa shape index (κ2) is 12.7. The Morgan fingerprint density at radius 2 is 0.821 bits per heavy atom. The zero-order valence-electron chi connectivity index (χ0n) is 30.9. The molecule has 0 amide bonds. The first-order valence-corrected chi connectivity index (χ1v) is 19.3. The highest BCUT2D eigenvalue weighted by molar-refractivity contribution is 6.06. The standard InChI is InChI=1S/C54H36N2/c1-54(38-19-3-2-4-20-38)49-28-12-11-25-44(49)45-30-29-37(33-50(45)54)41-31-32-47(43-24-10-9-23-42(41)43)52-34-51(46-26-13-17-35-15-5-7-21-39(35)46)55-53(56-52)48-27-14-18-36-16-6-8-22-40(36)48/h2-34H,1H3. The molecule has 0 saturated carbocycles. The normalized spacial score (nSPS) is 14.6. The Kier molecular flexibility index (Phi) is 7.33. The van der Waals surface area contributed by atoms with Crippen LogP contribution in [0.1, 0.15) is 23.6 Å². The van der Waals surface area contributed by atoms with Gasteiger partial charge in [-0.1, -0.05) is 188 Å². The van der Waals surface area contributed by atoms with E-state index >= 15 is 0 Å². The highest BCUT2D eigenvalue weighted by atomic mass is 14.9. The molecule has 262 valence electrons. The van der Waals surface area contributed by atoms with Crippen molar-refractivity contribution in [1.82, 2.24) is 9.97 Å². The van der Waals surface area contributed by atoms with Crippen LogP contribution in [-0.4, -0.2) is 9.97 Å². The zero-order valence-corrected chi connectivity index (χ0v) is 30.9. The average Bonchev–Trinajstić information content (AvgIpc) is 3.53. The minimum atomic E-state index is -0.268. The molecule has 1 unspecified atom stereocenters. The third-order valence-electron chi connectivity index (χ3n) is 12.0. The van der Waals surface area contributed by atoms with Gasteiger partial charge in [0.1, 0.15) is 0 Å². The maximum atomic E-state index is 5.39. The molecule has 2 nitrogen and oxygen atoms in total. The fourth-order valence-corrected chi connectivity index (χ4v) is 9.23. The predicted molar refractivity (Wildman–Crippen MR) is 234 cm³/mol. The van der Waals surface area contributed by atoms with Crippen molar-refractivity contribution in [2.75, 3.05) is 0 Å². The van der Waals surface area contributed by atoms with E-state index in [2.05, 4.69) is 207 Å². The molecule has 0 saturated heterocycles. The molecule has 56 heavy (non-hydrogen) atoms. The van der Waals surface area contributed by atoms with Crippen molar-refractivity contribution < 1.29 is 0 Å². The predicted octanol–water partition coefficient (Wildman–Crippen LogP) is 13.9. The Hall–Kier alpha value is -7.16. The summed E-state index contributed by atoms with van der Waals surface area (Å²) in [6.45, 7) is 2.38. The summed E-state index contributed by atoms with van der Waals surface area (Å²) < 4.78 is 0. The number of fused-ring (bicyclic) bond motifs is 6. The lowest BCUT2D eigenvalue weighted by molar-refractivity contribution is 0.714. The van der Waals surface area contributed by atoms with E-state index in [0.29, 0.717) is 5.82 Å². The Balaban J connectivity index is 1.12. The minimum Gasteiger partial charge on any atom is -0.228 e. The van der Waals surface area contributed by atoms with Crippen LogP contribution >= 0.6 is 0 Å². The summed E-state index contributed by atoms with van der Waals surface area (Å²) in [5.41, 5.74) is 13.8. The van der Waals surface area contributed by atoms with E-state index in [0.717, 1.165) is 38.9 Å². The van der Waals surface area contributed by atoms with Crippen molar-refractivity contribution in [3.05, 3.63) is 217 Å². The molecular formula is C54H36N2. The van der Waals surface area contributed by atoms with Crippen LogP contribution in [0.2, 0.25) is 0 Å². The average molecular weight is 713 g/mol. The first-order valence-electron chi connectivity index (χ1n) is 19.3. The van der Waals surface area contributed by atoms with Crippen molar-refractivity contribution >= 4 is 32.3 Å². The van der Waals surface area contributed by atoms with Gasteiger partial charge >= 0.3 is 0 Å². The van der Waals surface area contributed by atoms with Crippen LogP contribution in [0.4, 0.5) is 0 Å². The number of hydrogen-bond donors (Lipinski definition) is 0. The molecule has 0 radical (unpaired) electrons. The van der Waals surface area contributed by atoms with Gasteiger partial charge < -0.3 is 0 Å². The van der Waals surface area contributed by atoms with E-state index < -0.39 is 0 Å². The third-order valence-corrected chi connectivity index (χ3v) is 12.0. The Bertz CT molecular complexity index is 3050. The number of nitrogens with zero attached hydrogens (tertiary/aromatic N) is 2. The molecule has 9 aromatic carbocycles. The van der Waals surface area contributed by atoms with Crippen LogP contribution in [0.25, 0.3) is 88.5 Å². The maximum Gasteiger partial charge on any atom is 0.161 e. The van der Waals surface area contributed by atoms with Gasteiger partial charge in [-0.3, -0.25) is 0 Å². The number of benzene rings is 9. The van der Waals surface area contributed by atoms with E-state index in [-0.39, 0.29) is 5.41 Å². The van der Waals surface area contributed by atoms with Gasteiger partial charge in [0.15, 0.2) is 5.82 Å².